The molecule has 1 heterocycles. The largest absolute Gasteiger partial charge is 0.493 e. The molecule has 2 aromatic rings. The van der Waals surface area contributed by atoms with Crippen molar-refractivity contribution in [1.29, 1.82) is 0 Å². The predicted molar refractivity (Wildman–Crippen MR) is 137 cm³/mol. The topological polar surface area (TPSA) is 70.2 Å². The Morgan fingerprint density at radius 2 is 1.75 bits per heavy atom. The number of halogens is 1. The minimum absolute atomic E-state index is 0.0840. The number of carbonyl (C=O) groups is 3. The average molecular weight is 498 g/mol. The van der Waals surface area contributed by atoms with Gasteiger partial charge in [-0.1, -0.05) is 12.1 Å². The van der Waals surface area contributed by atoms with E-state index in [1.165, 1.54) is 29.2 Å². The normalized spacial score (nSPS) is 17.4. The number of nitrogens with zero attached hydrogens (tertiary/aromatic N) is 3. The van der Waals surface area contributed by atoms with Gasteiger partial charge in [0.1, 0.15) is 17.6 Å². The van der Waals surface area contributed by atoms with Crippen LogP contribution in [0.4, 0.5) is 4.39 Å². The molecule has 2 aromatic carbocycles. The van der Waals surface area contributed by atoms with Gasteiger partial charge in [-0.05, 0) is 74.9 Å². The van der Waals surface area contributed by atoms with Crippen LogP contribution in [-0.2, 0) is 4.79 Å². The van der Waals surface area contributed by atoms with Crippen LogP contribution in [0.25, 0.3) is 0 Å². The molecule has 1 aliphatic rings. The van der Waals surface area contributed by atoms with Crippen molar-refractivity contribution in [2.75, 3.05) is 40.8 Å². The maximum Gasteiger partial charge on any atom is 0.258 e. The van der Waals surface area contributed by atoms with E-state index in [4.69, 9.17) is 4.74 Å². The molecular weight excluding hydrogens is 461 g/mol. The Hall–Kier alpha value is -3.42. The zero-order valence-corrected chi connectivity index (χ0v) is 21.4. The molecule has 36 heavy (non-hydrogen) atoms. The molecule has 3 rings (SSSR count). The summed E-state index contributed by atoms with van der Waals surface area (Å²) in [6.07, 6.45) is 4.46. The summed E-state index contributed by atoms with van der Waals surface area (Å²) in [6, 6.07) is 12.0. The third-order valence-corrected chi connectivity index (χ3v) is 6.62. The summed E-state index contributed by atoms with van der Waals surface area (Å²) < 4.78 is 19.0. The lowest BCUT2D eigenvalue weighted by molar-refractivity contribution is -0.134. The van der Waals surface area contributed by atoms with Gasteiger partial charge in [0.05, 0.1) is 12.2 Å². The van der Waals surface area contributed by atoms with E-state index in [1.807, 2.05) is 6.07 Å². The second kappa shape index (κ2) is 13.0. The summed E-state index contributed by atoms with van der Waals surface area (Å²) in [5.74, 6) is -0.366. The highest BCUT2D eigenvalue weighted by Crippen LogP contribution is 2.23. The number of fused-ring (bicyclic) bond motifs is 1. The van der Waals surface area contributed by atoms with E-state index in [0.29, 0.717) is 55.8 Å². The van der Waals surface area contributed by atoms with Gasteiger partial charge in [-0.25, -0.2) is 4.39 Å². The van der Waals surface area contributed by atoms with Gasteiger partial charge < -0.3 is 19.4 Å². The lowest BCUT2D eigenvalue weighted by Crippen LogP contribution is -2.48. The van der Waals surface area contributed by atoms with Crippen LogP contribution in [0, 0.1) is 5.82 Å². The highest BCUT2D eigenvalue weighted by molar-refractivity contribution is 5.99. The number of carbonyl (C=O) groups excluding carboxylic acids is 3. The number of rotatable bonds is 6. The molecule has 0 radical (unpaired) electrons. The third kappa shape index (κ3) is 7.06. The van der Waals surface area contributed by atoms with Crippen LogP contribution in [0.3, 0.4) is 0 Å². The van der Waals surface area contributed by atoms with E-state index in [9.17, 15) is 18.8 Å². The highest BCUT2D eigenvalue weighted by atomic mass is 19.1. The van der Waals surface area contributed by atoms with E-state index >= 15 is 0 Å². The minimum atomic E-state index is -0.616. The SMILES string of the molecule is CN(CCCC[C@H]1C(=O)N(C)CCCCCOc2ccccc2C(=O)N1C)C(=O)c1ccc(F)cc1. The summed E-state index contributed by atoms with van der Waals surface area (Å²) in [4.78, 5) is 44.2. The number of amides is 3. The van der Waals surface area contributed by atoms with Gasteiger partial charge in [-0.15, -0.1) is 0 Å². The standard InChI is InChI=1S/C28H36FN3O4/c1-30(26(33)21-14-16-22(29)17-15-21)19-9-7-12-24-28(35)31(2)18-8-4-10-20-36-25-13-6-5-11-23(25)27(34)32(24)3/h5-6,11,13-17,24H,4,7-10,12,18-20H2,1-3H3/t24-/m0/s1. The number of ether oxygens (including phenoxy) is 1. The van der Waals surface area contributed by atoms with E-state index < -0.39 is 6.04 Å². The molecule has 0 bridgehead atoms. The zero-order chi connectivity index (χ0) is 26.1. The van der Waals surface area contributed by atoms with Crippen LogP contribution in [0.15, 0.2) is 48.5 Å². The number of unbranched alkanes of at least 4 members (excludes halogenated alkanes) is 1. The quantitative estimate of drug-likeness (QED) is 0.560. The molecule has 0 saturated carbocycles. The summed E-state index contributed by atoms with van der Waals surface area (Å²) in [5.41, 5.74) is 0.876. The molecule has 1 atom stereocenters. The molecule has 0 aromatic heterocycles. The smallest absolute Gasteiger partial charge is 0.258 e. The van der Waals surface area contributed by atoms with Crippen molar-refractivity contribution in [2.45, 2.75) is 44.6 Å². The van der Waals surface area contributed by atoms with Crippen molar-refractivity contribution >= 4 is 17.7 Å². The average Bonchev–Trinajstić information content (AvgIpc) is 2.89. The van der Waals surface area contributed by atoms with Crippen molar-refractivity contribution < 1.29 is 23.5 Å². The monoisotopic (exact) mass is 497 g/mol. The Balaban J connectivity index is 1.67. The number of benzene rings is 2. The number of hydrogen-bond acceptors (Lipinski definition) is 4. The lowest BCUT2D eigenvalue weighted by Gasteiger charge is -2.31. The van der Waals surface area contributed by atoms with E-state index in [1.54, 1.807) is 49.1 Å². The Bertz CT molecular complexity index is 1040. The van der Waals surface area contributed by atoms with Gasteiger partial charge >= 0.3 is 0 Å². The van der Waals surface area contributed by atoms with Gasteiger partial charge in [0.25, 0.3) is 11.8 Å². The molecule has 0 aliphatic carbocycles. The molecular formula is C28H36FN3O4. The molecule has 7 nitrogen and oxygen atoms in total. The van der Waals surface area contributed by atoms with Crippen molar-refractivity contribution in [3.05, 3.63) is 65.5 Å². The zero-order valence-electron chi connectivity index (χ0n) is 21.4. The van der Waals surface area contributed by atoms with Gasteiger partial charge in [-0.3, -0.25) is 14.4 Å². The number of likely N-dealkylation sites (N-methyl/N-ethyl adjacent to an activating group) is 2. The van der Waals surface area contributed by atoms with Gasteiger partial charge in [0.15, 0.2) is 0 Å². The second-order valence-corrected chi connectivity index (χ2v) is 9.33. The number of para-hydroxylation sites is 1. The molecule has 0 unspecified atom stereocenters. The van der Waals surface area contributed by atoms with Crippen LogP contribution < -0.4 is 4.74 Å². The molecule has 3 amide bonds. The summed E-state index contributed by atoms with van der Waals surface area (Å²) in [5, 5.41) is 0. The molecule has 0 saturated heterocycles. The molecule has 1 aliphatic heterocycles. The molecule has 0 fully saturated rings. The molecule has 194 valence electrons. The van der Waals surface area contributed by atoms with Crippen LogP contribution in [-0.4, -0.2) is 79.3 Å². The van der Waals surface area contributed by atoms with Crippen molar-refractivity contribution in [3.8, 4) is 5.75 Å². The van der Waals surface area contributed by atoms with E-state index in [2.05, 4.69) is 0 Å². The summed E-state index contributed by atoms with van der Waals surface area (Å²) >= 11 is 0. The van der Waals surface area contributed by atoms with E-state index in [-0.39, 0.29) is 23.5 Å². The third-order valence-electron chi connectivity index (χ3n) is 6.62. The first-order valence-electron chi connectivity index (χ1n) is 12.5. The molecule has 0 spiro atoms. The summed E-state index contributed by atoms with van der Waals surface area (Å²) in [6.45, 7) is 1.64. The fourth-order valence-electron chi connectivity index (χ4n) is 4.36. The van der Waals surface area contributed by atoms with Gasteiger partial charge in [0.2, 0.25) is 5.91 Å². The molecule has 0 N–H and O–H groups in total. The Kier molecular flexibility index (Phi) is 9.85. The Morgan fingerprint density at radius 1 is 1.03 bits per heavy atom. The Labute approximate surface area is 212 Å². The fraction of sp³-hybridized carbons (Fsp3) is 0.464. The maximum absolute atomic E-state index is 13.4. The number of hydrogen-bond donors (Lipinski definition) is 0. The van der Waals surface area contributed by atoms with Crippen molar-refractivity contribution in [3.63, 3.8) is 0 Å². The van der Waals surface area contributed by atoms with Gasteiger partial charge in [-0.2, -0.15) is 0 Å². The van der Waals surface area contributed by atoms with Crippen LogP contribution in [0.1, 0.15) is 59.2 Å². The molecule has 8 heteroatoms. The first kappa shape index (κ1) is 27.2. The fourth-order valence-corrected chi connectivity index (χ4v) is 4.36. The lowest BCUT2D eigenvalue weighted by atomic mass is 10.0. The van der Waals surface area contributed by atoms with E-state index in [0.717, 1.165) is 19.3 Å². The summed E-state index contributed by atoms with van der Waals surface area (Å²) in [7, 11) is 5.16. The Morgan fingerprint density at radius 3 is 2.50 bits per heavy atom. The van der Waals surface area contributed by atoms with Crippen LogP contribution in [0.2, 0.25) is 0 Å². The first-order valence-corrected chi connectivity index (χ1v) is 12.5. The van der Waals surface area contributed by atoms with Crippen molar-refractivity contribution in [2.24, 2.45) is 0 Å². The second-order valence-electron chi connectivity index (χ2n) is 9.33. The van der Waals surface area contributed by atoms with Crippen LogP contribution >= 0.6 is 0 Å². The highest BCUT2D eigenvalue weighted by Gasteiger charge is 2.31. The van der Waals surface area contributed by atoms with Gasteiger partial charge in [0, 0.05) is 39.8 Å². The van der Waals surface area contributed by atoms with Crippen LogP contribution in [0.5, 0.6) is 5.75 Å². The minimum Gasteiger partial charge on any atom is -0.493 e. The predicted octanol–water partition coefficient (Wildman–Crippen LogP) is 4.23. The maximum atomic E-state index is 13.4. The first-order chi connectivity index (χ1) is 17.3. The van der Waals surface area contributed by atoms with Crippen molar-refractivity contribution in [1.82, 2.24) is 14.7 Å².